The van der Waals surface area contributed by atoms with Crippen LogP contribution in [0.3, 0.4) is 0 Å². The Balaban J connectivity index is 1.26. The summed E-state index contributed by atoms with van der Waals surface area (Å²) >= 11 is 0. The third-order valence-electron chi connectivity index (χ3n) is 6.36. The molecule has 3 aromatic carbocycles. The van der Waals surface area contributed by atoms with E-state index in [9.17, 15) is 4.79 Å². The summed E-state index contributed by atoms with van der Waals surface area (Å²) in [6.45, 7) is 4.72. The van der Waals surface area contributed by atoms with Gasteiger partial charge in [0.2, 0.25) is 0 Å². The lowest BCUT2D eigenvalue weighted by Crippen LogP contribution is -2.46. The van der Waals surface area contributed by atoms with E-state index in [4.69, 9.17) is 0 Å². The first-order valence-corrected chi connectivity index (χ1v) is 11.2. The molecular formula is C26H28N4O. The molecule has 1 aromatic heterocycles. The summed E-state index contributed by atoms with van der Waals surface area (Å²) in [5.74, 6) is 0. The highest BCUT2D eigenvalue weighted by Crippen LogP contribution is 2.29. The van der Waals surface area contributed by atoms with E-state index in [1.807, 2.05) is 24.3 Å². The fourth-order valence-electron chi connectivity index (χ4n) is 4.73. The lowest BCUT2D eigenvalue weighted by Gasteiger charge is -2.37. The summed E-state index contributed by atoms with van der Waals surface area (Å²) in [4.78, 5) is 15.3. The van der Waals surface area contributed by atoms with Gasteiger partial charge in [0.15, 0.2) is 0 Å². The van der Waals surface area contributed by atoms with E-state index in [1.54, 1.807) is 10.9 Å². The minimum absolute atomic E-state index is 0.00824. The normalized spacial score (nSPS) is 17.4. The van der Waals surface area contributed by atoms with Gasteiger partial charge in [0.05, 0.1) is 11.6 Å². The van der Waals surface area contributed by atoms with Crippen molar-refractivity contribution in [3.63, 3.8) is 0 Å². The van der Waals surface area contributed by atoms with Gasteiger partial charge in [-0.25, -0.2) is 4.68 Å². The molecule has 5 nitrogen and oxygen atoms in total. The average molecular weight is 413 g/mol. The standard InChI is InChI=1S/C26H28N4O/c31-26-23-12-4-2-9-21(23)18-28-30(26)16-6-5-15-29-17-14-27-19-25(29)24-13-7-10-20-8-1-3-11-22(20)24/h1-4,7-13,18,25,27H,5-6,14-17,19H2. The molecule has 2 heterocycles. The van der Waals surface area contributed by atoms with Crippen LogP contribution in [0.15, 0.2) is 77.7 Å². The number of fused-ring (bicyclic) bond motifs is 2. The topological polar surface area (TPSA) is 50.2 Å². The van der Waals surface area contributed by atoms with Crippen LogP contribution in [0.25, 0.3) is 21.5 Å². The predicted molar refractivity (Wildman–Crippen MR) is 126 cm³/mol. The first-order valence-electron chi connectivity index (χ1n) is 11.2. The Morgan fingerprint density at radius 3 is 2.52 bits per heavy atom. The number of nitrogens with zero attached hydrogens (tertiary/aromatic N) is 3. The molecule has 5 heteroatoms. The Bertz CT molecular complexity index is 1240. The zero-order valence-corrected chi connectivity index (χ0v) is 17.7. The molecule has 4 aromatic rings. The van der Waals surface area contributed by atoms with Gasteiger partial charge in [-0.15, -0.1) is 0 Å². The zero-order valence-electron chi connectivity index (χ0n) is 17.7. The highest BCUT2D eigenvalue weighted by Gasteiger charge is 2.24. The van der Waals surface area contributed by atoms with Crippen molar-refractivity contribution in [2.24, 2.45) is 0 Å². The minimum Gasteiger partial charge on any atom is -0.314 e. The molecule has 1 aliphatic heterocycles. The van der Waals surface area contributed by atoms with E-state index >= 15 is 0 Å². The first kappa shape index (κ1) is 19.9. The molecule has 0 saturated carbocycles. The van der Waals surface area contributed by atoms with Crippen molar-refractivity contribution < 1.29 is 0 Å². The molecule has 31 heavy (non-hydrogen) atoms. The van der Waals surface area contributed by atoms with Crippen molar-refractivity contribution in [1.82, 2.24) is 20.0 Å². The van der Waals surface area contributed by atoms with E-state index < -0.39 is 0 Å². The van der Waals surface area contributed by atoms with Gasteiger partial charge >= 0.3 is 0 Å². The van der Waals surface area contributed by atoms with Gasteiger partial charge in [0.1, 0.15) is 0 Å². The molecule has 1 saturated heterocycles. The number of rotatable bonds is 6. The molecule has 0 spiro atoms. The Kier molecular flexibility index (Phi) is 5.78. The molecule has 0 aliphatic carbocycles. The molecule has 158 valence electrons. The van der Waals surface area contributed by atoms with E-state index in [1.165, 1.54) is 16.3 Å². The van der Waals surface area contributed by atoms with Gasteiger partial charge in [-0.1, -0.05) is 60.7 Å². The molecule has 1 fully saturated rings. The number of aromatic nitrogens is 2. The number of hydrogen-bond acceptors (Lipinski definition) is 4. The van der Waals surface area contributed by atoms with Crippen molar-refractivity contribution in [2.45, 2.75) is 25.4 Å². The van der Waals surface area contributed by atoms with Crippen LogP contribution < -0.4 is 10.9 Å². The van der Waals surface area contributed by atoms with Crippen LogP contribution in [0.5, 0.6) is 0 Å². The lowest BCUT2D eigenvalue weighted by atomic mass is 9.96. The fourth-order valence-corrected chi connectivity index (χ4v) is 4.73. The van der Waals surface area contributed by atoms with Gasteiger partial charge in [0.25, 0.3) is 5.56 Å². The van der Waals surface area contributed by atoms with Crippen molar-refractivity contribution in [2.75, 3.05) is 26.2 Å². The van der Waals surface area contributed by atoms with Crippen LogP contribution in [0.2, 0.25) is 0 Å². The maximum Gasteiger partial charge on any atom is 0.274 e. The molecular weight excluding hydrogens is 384 g/mol. The van der Waals surface area contributed by atoms with Crippen LogP contribution in [0.1, 0.15) is 24.4 Å². The largest absolute Gasteiger partial charge is 0.314 e. The Morgan fingerprint density at radius 2 is 1.61 bits per heavy atom. The average Bonchev–Trinajstić information content (AvgIpc) is 2.83. The highest BCUT2D eigenvalue weighted by atomic mass is 16.1. The molecule has 1 unspecified atom stereocenters. The van der Waals surface area contributed by atoms with Crippen molar-refractivity contribution in [1.29, 1.82) is 0 Å². The van der Waals surface area contributed by atoms with Crippen LogP contribution in [0.4, 0.5) is 0 Å². The quantitative estimate of drug-likeness (QED) is 0.487. The van der Waals surface area contributed by atoms with E-state index in [2.05, 4.69) is 57.8 Å². The minimum atomic E-state index is 0.00824. The third kappa shape index (κ3) is 4.11. The van der Waals surface area contributed by atoms with Gasteiger partial charge in [-0.2, -0.15) is 5.10 Å². The van der Waals surface area contributed by atoms with Crippen molar-refractivity contribution in [3.05, 3.63) is 88.8 Å². The molecule has 1 aliphatic rings. The third-order valence-corrected chi connectivity index (χ3v) is 6.36. The van der Waals surface area contributed by atoms with Crippen LogP contribution in [0, 0.1) is 0 Å². The number of aryl methyl sites for hydroxylation is 1. The Labute approximate surface area is 182 Å². The van der Waals surface area contributed by atoms with Crippen molar-refractivity contribution >= 4 is 21.5 Å². The zero-order chi connectivity index (χ0) is 21.0. The summed E-state index contributed by atoms with van der Waals surface area (Å²) in [6.07, 6.45) is 3.78. The summed E-state index contributed by atoms with van der Waals surface area (Å²) in [7, 11) is 0. The maximum absolute atomic E-state index is 12.7. The second-order valence-corrected chi connectivity index (χ2v) is 8.29. The van der Waals surface area contributed by atoms with Gasteiger partial charge in [-0.3, -0.25) is 9.69 Å². The molecule has 0 amide bonds. The maximum atomic E-state index is 12.7. The smallest absolute Gasteiger partial charge is 0.274 e. The predicted octanol–water partition coefficient (Wildman–Crippen LogP) is 3.98. The monoisotopic (exact) mass is 412 g/mol. The molecule has 5 rings (SSSR count). The summed E-state index contributed by atoms with van der Waals surface area (Å²) in [5.41, 5.74) is 1.41. The molecule has 0 radical (unpaired) electrons. The number of benzene rings is 3. The molecule has 0 bridgehead atoms. The van der Waals surface area contributed by atoms with Gasteiger partial charge in [-0.05, 0) is 41.8 Å². The van der Waals surface area contributed by atoms with Gasteiger partial charge < -0.3 is 5.32 Å². The number of piperazine rings is 1. The highest BCUT2D eigenvalue weighted by molar-refractivity contribution is 5.86. The number of nitrogens with one attached hydrogen (secondary N) is 1. The molecule has 1 N–H and O–H groups in total. The van der Waals surface area contributed by atoms with Crippen LogP contribution in [-0.4, -0.2) is 40.9 Å². The Morgan fingerprint density at radius 1 is 0.871 bits per heavy atom. The second kappa shape index (κ2) is 9.00. The Hall–Kier alpha value is -3.02. The van der Waals surface area contributed by atoms with E-state index in [0.717, 1.165) is 49.8 Å². The van der Waals surface area contributed by atoms with Crippen LogP contribution in [-0.2, 0) is 6.54 Å². The number of hydrogen-bond donors (Lipinski definition) is 1. The number of unbranched alkanes of at least 4 members (excludes halogenated alkanes) is 1. The van der Waals surface area contributed by atoms with Crippen molar-refractivity contribution in [3.8, 4) is 0 Å². The summed E-state index contributed by atoms with van der Waals surface area (Å²) in [6, 6.07) is 23.3. The summed E-state index contributed by atoms with van der Waals surface area (Å²) in [5, 5.41) is 12.2. The molecule has 1 atom stereocenters. The second-order valence-electron chi connectivity index (χ2n) is 8.29. The first-order chi connectivity index (χ1) is 15.3. The SMILES string of the molecule is O=c1c2ccccc2cnn1CCCCN1CCNCC1c1cccc2ccccc12. The fraction of sp³-hybridized carbons (Fsp3) is 0.308. The summed E-state index contributed by atoms with van der Waals surface area (Å²) < 4.78 is 1.61. The lowest BCUT2D eigenvalue weighted by molar-refractivity contribution is 0.159. The van der Waals surface area contributed by atoms with E-state index in [-0.39, 0.29) is 5.56 Å². The van der Waals surface area contributed by atoms with E-state index in [0.29, 0.717) is 12.6 Å². The van der Waals surface area contributed by atoms with Gasteiger partial charge in [0, 0.05) is 37.6 Å². The van der Waals surface area contributed by atoms with Crippen LogP contribution >= 0.6 is 0 Å².